The van der Waals surface area contributed by atoms with Crippen molar-refractivity contribution < 1.29 is 9.53 Å². The van der Waals surface area contributed by atoms with Crippen molar-refractivity contribution >= 4 is 11.7 Å². The van der Waals surface area contributed by atoms with Gasteiger partial charge in [0.2, 0.25) is 5.91 Å². The van der Waals surface area contributed by atoms with E-state index in [1.807, 2.05) is 6.92 Å². The lowest BCUT2D eigenvalue weighted by Gasteiger charge is -2.41. The summed E-state index contributed by atoms with van der Waals surface area (Å²) in [6.45, 7) is 10.6. The van der Waals surface area contributed by atoms with E-state index >= 15 is 0 Å². The summed E-state index contributed by atoms with van der Waals surface area (Å²) in [5, 5.41) is 12.8. The summed E-state index contributed by atoms with van der Waals surface area (Å²) in [7, 11) is 0. The Morgan fingerprint density at radius 2 is 2.00 bits per heavy atom. The molecule has 0 radical (unpaired) electrons. The zero-order chi connectivity index (χ0) is 19.6. The molecule has 0 atom stereocenters. The van der Waals surface area contributed by atoms with Crippen LogP contribution in [-0.2, 0) is 9.53 Å². The Hall–Kier alpha value is -1.84. The number of rotatable bonds is 4. The molecule has 2 heterocycles. The topological polar surface area (TPSA) is 70.3 Å². The van der Waals surface area contributed by atoms with E-state index in [0.717, 1.165) is 30.6 Å². The molecule has 0 aromatic carbocycles. The Morgan fingerprint density at radius 3 is 2.63 bits per heavy atom. The summed E-state index contributed by atoms with van der Waals surface area (Å²) >= 11 is 0. The standard InChI is InChI=1S/C21H32N4O2/c1-15-16(2)25(17-8-6-5-7-9-17)20(18(15)12-22)23-19(26)13-24-10-11-27-14-21(24,3)4/h17H,5-11,13-14H2,1-4H3,(H,23,26). The van der Waals surface area contributed by atoms with Crippen LogP contribution in [-0.4, -0.2) is 47.2 Å². The molecule has 27 heavy (non-hydrogen) atoms. The Morgan fingerprint density at radius 1 is 1.30 bits per heavy atom. The van der Waals surface area contributed by atoms with Crippen LogP contribution in [0.1, 0.15) is 68.8 Å². The molecule has 1 aromatic heterocycles. The molecule has 2 fully saturated rings. The van der Waals surface area contributed by atoms with Gasteiger partial charge in [0.15, 0.2) is 0 Å². The van der Waals surface area contributed by atoms with E-state index in [9.17, 15) is 10.1 Å². The normalized spacial score (nSPS) is 21.0. The molecule has 2 aliphatic rings. The largest absolute Gasteiger partial charge is 0.378 e. The monoisotopic (exact) mass is 372 g/mol. The van der Waals surface area contributed by atoms with Gasteiger partial charge in [0.1, 0.15) is 11.9 Å². The second-order valence-electron chi connectivity index (χ2n) is 8.54. The number of carbonyl (C=O) groups excluding carboxylic acids is 1. The van der Waals surface area contributed by atoms with Gasteiger partial charge in [0, 0.05) is 23.8 Å². The summed E-state index contributed by atoms with van der Waals surface area (Å²) < 4.78 is 7.77. The first kappa shape index (κ1) is 19.9. The quantitative estimate of drug-likeness (QED) is 0.878. The third kappa shape index (κ3) is 4.04. The van der Waals surface area contributed by atoms with Crippen LogP contribution >= 0.6 is 0 Å². The SMILES string of the molecule is Cc1c(C#N)c(NC(=O)CN2CCOCC2(C)C)n(C2CCCCC2)c1C. The fraction of sp³-hybridized carbons (Fsp3) is 0.714. The van der Waals surface area contributed by atoms with Crippen LogP contribution in [0.5, 0.6) is 0 Å². The summed E-state index contributed by atoms with van der Waals surface area (Å²) in [6.07, 6.45) is 5.91. The number of nitrogens with zero attached hydrogens (tertiary/aromatic N) is 3. The van der Waals surface area contributed by atoms with Crippen LogP contribution in [0.25, 0.3) is 0 Å². The van der Waals surface area contributed by atoms with Crippen LogP contribution in [0.15, 0.2) is 0 Å². The van der Waals surface area contributed by atoms with Crippen LogP contribution in [0.2, 0.25) is 0 Å². The molecule has 148 valence electrons. The van der Waals surface area contributed by atoms with Crippen molar-refractivity contribution in [3.8, 4) is 6.07 Å². The molecule has 0 spiro atoms. The van der Waals surface area contributed by atoms with Crippen molar-refractivity contribution in [1.29, 1.82) is 5.26 Å². The van der Waals surface area contributed by atoms with Crippen molar-refractivity contribution in [2.45, 2.75) is 71.4 Å². The number of ether oxygens (including phenoxy) is 1. The summed E-state index contributed by atoms with van der Waals surface area (Å²) in [5.74, 6) is 0.631. The van der Waals surface area contributed by atoms with Gasteiger partial charge in [-0.3, -0.25) is 9.69 Å². The maximum Gasteiger partial charge on any atom is 0.239 e. The molecule has 3 rings (SSSR count). The first-order valence-corrected chi connectivity index (χ1v) is 10.1. The molecule has 1 amide bonds. The average molecular weight is 373 g/mol. The first-order chi connectivity index (χ1) is 12.8. The third-order valence-electron chi connectivity index (χ3n) is 6.22. The fourth-order valence-electron chi connectivity index (χ4n) is 4.41. The van der Waals surface area contributed by atoms with E-state index in [2.05, 4.69) is 41.6 Å². The highest BCUT2D eigenvalue weighted by atomic mass is 16.5. The van der Waals surface area contributed by atoms with E-state index < -0.39 is 0 Å². The number of amides is 1. The molecule has 0 unspecified atom stereocenters. The minimum atomic E-state index is -0.162. The van der Waals surface area contributed by atoms with E-state index in [4.69, 9.17) is 4.74 Å². The van der Waals surface area contributed by atoms with Crippen LogP contribution < -0.4 is 5.32 Å². The number of hydrogen-bond acceptors (Lipinski definition) is 4. The Kier molecular flexibility index (Phi) is 5.92. The van der Waals surface area contributed by atoms with Crippen molar-refractivity contribution in [2.75, 3.05) is 31.6 Å². The van der Waals surface area contributed by atoms with Gasteiger partial charge in [0.25, 0.3) is 0 Å². The number of nitrogens with one attached hydrogen (secondary N) is 1. The Bertz CT molecular complexity index is 738. The number of carbonyl (C=O) groups is 1. The molecule has 1 aliphatic heterocycles. The van der Waals surface area contributed by atoms with Crippen molar-refractivity contribution in [1.82, 2.24) is 9.47 Å². The first-order valence-electron chi connectivity index (χ1n) is 10.1. The second-order valence-corrected chi connectivity index (χ2v) is 8.54. The predicted octanol–water partition coefficient (Wildman–Crippen LogP) is 3.53. The average Bonchev–Trinajstić information content (AvgIpc) is 2.87. The highest BCUT2D eigenvalue weighted by molar-refractivity contribution is 5.93. The number of aromatic nitrogens is 1. The smallest absolute Gasteiger partial charge is 0.239 e. The van der Waals surface area contributed by atoms with Gasteiger partial charge in [-0.1, -0.05) is 19.3 Å². The van der Waals surface area contributed by atoms with Gasteiger partial charge >= 0.3 is 0 Å². The van der Waals surface area contributed by atoms with Gasteiger partial charge in [-0.15, -0.1) is 0 Å². The second kappa shape index (κ2) is 8.04. The molecular formula is C21H32N4O2. The highest BCUT2D eigenvalue weighted by Crippen LogP contribution is 2.36. The van der Waals surface area contributed by atoms with Gasteiger partial charge in [0.05, 0.1) is 25.3 Å². The molecule has 1 N–H and O–H groups in total. The van der Waals surface area contributed by atoms with E-state index in [1.54, 1.807) is 0 Å². The Labute approximate surface area is 162 Å². The van der Waals surface area contributed by atoms with Gasteiger partial charge in [-0.2, -0.15) is 5.26 Å². The maximum absolute atomic E-state index is 12.9. The zero-order valence-electron chi connectivity index (χ0n) is 17.1. The Balaban J connectivity index is 1.84. The van der Waals surface area contributed by atoms with E-state index in [0.29, 0.717) is 37.2 Å². The number of anilines is 1. The third-order valence-corrected chi connectivity index (χ3v) is 6.22. The van der Waals surface area contributed by atoms with Crippen molar-refractivity contribution in [3.05, 3.63) is 16.8 Å². The maximum atomic E-state index is 12.9. The number of hydrogen-bond donors (Lipinski definition) is 1. The molecule has 1 saturated heterocycles. The van der Waals surface area contributed by atoms with Gasteiger partial charge in [-0.25, -0.2) is 0 Å². The zero-order valence-corrected chi connectivity index (χ0v) is 17.1. The predicted molar refractivity (Wildman–Crippen MR) is 106 cm³/mol. The molecule has 1 aliphatic carbocycles. The lowest BCUT2D eigenvalue weighted by atomic mass is 9.95. The highest BCUT2D eigenvalue weighted by Gasteiger charge is 2.32. The summed E-state index contributed by atoms with van der Waals surface area (Å²) in [5.41, 5.74) is 2.52. The molecule has 1 aromatic rings. The number of nitriles is 1. The van der Waals surface area contributed by atoms with Crippen LogP contribution in [0.3, 0.4) is 0 Å². The lowest BCUT2D eigenvalue weighted by molar-refractivity contribution is -0.122. The molecular weight excluding hydrogens is 340 g/mol. The molecule has 1 saturated carbocycles. The summed E-state index contributed by atoms with van der Waals surface area (Å²) in [4.78, 5) is 15.0. The molecule has 6 heteroatoms. The van der Waals surface area contributed by atoms with E-state index in [1.165, 1.54) is 19.3 Å². The van der Waals surface area contributed by atoms with Gasteiger partial charge < -0.3 is 14.6 Å². The van der Waals surface area contributed by atoms with Crippen molar-refractivity contribution in [2.24, 2.45) is 0 Å². The van der Waals surface area contributed by atoms with Gasteiger partial charge in [-0.05, 0) is 46.1 Å². The van der Waals surface area contributed by atoms with Crippen LogP contribution in [0.4, 0.5) is 5.82 Å². The number of morpholine rings is 1. The van der Waals surface area contributed by atoms with Crippen molar-refractivity contribution in [3.63, 3.8) is 0 Å². The minimum absolute atomic E-state index is 0.0592. The molecule has 6 nitrogen and oxygen atoms in total. The fourth-order valence-corrected chi connectivity index (χ4v) is 4.41. The van der Waals surface area contributed by atoms with Crippen LogP contribution in [0, 0.1) is 25.2 Å². The molecule has 0 bridgehead atoms. The van der Waals surface area contributed by atoms with E-state index in [-0.39, 0.29) is 11.4 Å². The minimum Gasteiger partial charge on any atom is -0.378 e. The lowest BCUT2D eigenvalue weighted by Crippen LogP contribution is -2.55. The summed E-state index contributed by atoms with van der Waals surface area (Å²) in [6, 6.07) is 2.69.